The fraction of sp³-hybridized carbons (Fsp3) is 0.700. The standard InChI is InChI=1S/C10H19N3S/c1-3-5-8-9(7-12-6-4-2)14-10(11)13-8/h12H,3-7H2,1-2H3,(H2,11,13). The molecule has 0 saturated carbocycles. The van der Waals surface area contributed by atoms with Gasteiger partial charge in [0.1, 0.15) is 0 Å². The Morgan fingerprint density at radius 3 is 2.79 bits per heavy atom. The Bertz CT molecular complexity index is 270. The molecule has 0 bridgehead atoms. The van der Waals surface area contributed by atoms with Gasteiger partial charge in [-0.2, -0.15) is 0 Å². The highest BCUT2D eigenvalue weighted by molar-refractivity contribution is 7.15. The van der Waals surface area contributed by atoms with E-state index >= 15 is 0 Å². The van der Waals surface area contributed by atoms with Gasteiger partial charge < -0.3 is 11.1 Å². The molecule has 3 nitrogen and oxygen atoms in total. The average molecular weight is 213 g/mol. The second kappa shape index (κ2) is 5.98. The third-order valence-electron chi connectivity index (χ3n) is 1.99. The van der Waals surface area contributed by atoms with E-state index in [0.717, 1.165) is 32.4 Å². The van der Waals surface area contributed by atoms with Crippen LogP contribution in [0.25, 0.3) is 0 Å². The van der Waals surface area contributed by atoms with Crippen LogP contribution >= 0.6 is 11.3 Å². The largest absolute Gasteiger partial charge is 0.375 e. The van der Waals surface area contributed by atoms with E-state index in [1.165, 1.54) is 10.6 Å². The van der Waals surface area contributed by atoms with Gasteiger partial charge in [0, 0.05) is 11.4 Å². The van der Waals surface area contributed by atoms with Crippen LogP contribution in [0, 0.1) is 0 Å². The van der Waals surface area contributed by atoms with Crippen molar-refractivity contribution >= 4 is 16.5 Å². The normalized spacial score (nSPS) is 10.7. The van der Waals surface area contributed by atoms with Crippen LogP contribution in [-0.2, 0) is 13.0 Å². The lowest BCUT2D eigenvalue weighted by Gasteiger charge is -2.02. The molecule has 1 rings (SSSR count). The van der Waals surface area contributed by atoms with E-state index in [4.69, 9.17) is 5.73 Å². The zero-order valence-corrected chi connectivity index (χ0v) is 9.78. The molecule has 1 aromatic heterocycles. The summed E-state index contributed by atoms with van der Waals surface area (Å²) in [6.45, 7) is 6.31. The summed E-state index contributed by atoms with van der Waals surface area (Å²) in [6, 6.07) is 0. The molecule has 80 valence electrons. The third-order valence-corrected chi connectivity index (χ3v) is 2.92. The van der Waals surface area contributed by atoms with Gasteiger partial charge >= 0.3 is 0 Å². The number of aromatic nitrogens is 1. The first kappa shape index (κ1) is 11.5. The number of nitrogen functional groups attached to an aromatic ring is 1. The van der Waals surface area contributed by atoms with Gasteiger partial charge in [0.15, 0.2) is 5.13 Å². The Kier molecular flexibility index (Phi) is 4.90. The van der Waals surface area contributed by atoms with Gasteiger partial charge in [0.05, 0.1) is 5.69 Å². The van der Waals surface area contributed by atoms with Crippen molar-refractivity contribution in [2.75, 3.05) is 12.3 Å². The minimum atomic E-state index is 0.696. The van der Waals surface area contributed by atoms with Crippen LogP contribution in [0.5, 0.6) is 0 Å². The lowest BCUT2D eigenvalue weighted by molar-refractivity contribution is 0.675. The summed E-state index contributed by atoms with van der Waals surface area (Å²) in [5, 5.41) is 4.07. The van der Waals surface area contributed by atoms with Gasteiger partial charge in [0.2, 0.25) is 0 Å². The first-order valence-electron chi connectivity index (χ1n) is 5.22. The predicted octanol–water partition coefficient (Wildman–Crippen LogP) is 2.18. The summed E-state index contributed by atoms with van der Waals surface area (Å²) < 4.78 is 0. The second-order valence-corrected chi connectivity index (χ2v) is 4.46. The maximum atomic E-state index is 5.69. The maximum absolute atomic E-state index is 5.69. The van der Waals surface area contributed by atoms with Crippen LogP contribution in [0.4, 0.5) is 5.13 Å². The van der Waals surface area contributed by atoms with E-state index in [0.29, 0.717) is 5.13 Å². The van der Waals surface area contributed by atoms with E-state index in [1.54, 1.807) is 11.3 Å². The Morgan fingerprint density at radius 2 is 2.14 bits per heavy atom. The van der Waals surface area contributed by atoms with Crippen LogP contribution in [0.2, 0.25) is 0 Å². The van der Waals surface area contributed by atoms with Crippen molar-refractivity contribution in [1.82, 2.24) is 10.3 Å². The number of hydrogen-bond donors (Lipinski definition) is 2. The fourth-order valence-electron chi connectivity index (χ4n) is 1.35. The zero-order chi connectivity index (χ0) is 10.4. The first-order chi connectivity index (χ1) is 6.77. The van der Waals surface area contributed by atoms with Gasteiger partial charge in [-0.15, -0.1) is 11.3 Å². The molecule has 1 heterocycles. The lowest BCUT2D eigenvalue weighted by atomic mass is 10.2. The van der Waals surface area contributed by atoms with Crippen molar-refractivity contribution in [2.45, 2.75) is 39.7 Å². The zero-order valence-electron chi connectivity index (χ0n) is 8.97. The molecule has 0 aliphatic heterocycles. The highest BCUT2D eigenvalue weighted by Crippen LogP contribution is 2.21. The van der Waals surface area contributed by atoms with Crippen molar-refractivity contribution in [3.05, 3.63) is 10.6 Å². The molecular formula is C10H19N3S. The van der Waals surface area contributed by atoms with Gasteiger partial charge in [-0.3, -0.25) is 0 Å². The summed E-state index contributed by atoms with van der Waals surface area (Å²) in [5.41, 5.74) is 6.87. The topological polar surface area (TPSA) is 50.9 Å². The maximum Gasteiger partial charge on any atom is 0.180 e. The Balaban J connectivity index is 2.54. The summed E-state index contributed by atoms with van der Waals surface area (Å²) in [5.74, 6) is 0. The summed E-state index contributed by atoms with van der Waals surface area (Å²) in [7, 11) is 0. The first-order valence-corrected chi connectivity index (χ1v) is 6.04. The van der Waals surface area contributed by atoms with E-state index in [-0.39, 0.29) is 0 Å². The monoisotopic (exact) mass is 213 g/mol. The minimum absolute atomic E-state index is 0.696. The average Bonchev–Trinajstić information content (AvgIpc) is 2.48. The van der Waals surface area contributed by atoms with Crippen molar-refractivity contribution in [2.24, 2.45) is 0 Å². The molecule has 0 aliphatic carbocycles. The molecule has 14 heavy (non-hydrogen) atoms. The van der Waals surface area contributed by atoms with Crippen molar-refractivity contribution in [3.63, 3.8) is 0 Å². The van der Waals surface area contributed by atoms with Crippen LogP contribution in [0.3, 0.4) is 0 Å². The number of nitrogens with zero attached hydrogens (tertiary/aromatic N) is 1. The van der Waals surface area contributed by atoms with Gasteiger partial charge in [-0.1, -0.05) is 20.3 Å². The molecule has 0 atom stereocenters. The van der Waals surface area contributed by atoms with E-state index in [2.05, 4.69) is 24.1 Å². The van der Waals surface area contributed by atoms with E-state index < -0.39 is 0 Å². The molecule has 0 unspecified atom stereocenters. The summed E-state index contributed by atoms with van der Waals surface area (Å²) >= 11 is 1.61. The Morgan fingerprint density at radius 1 is 1.36 bits per heavy atom. The fourth-order valence-corrected chi connectivity index (χ4v) is 2.20. The number of hydrogen-bond acceptors (Lipinski definition) is 4. The van der Waals surface area contributed by atoms with Crippen molar-refractivity contribution < 1.29 is 0 Å². The van der Waals surface area contributed by atoms with Crippen LogP contribution in [0.15, 0.2) is 0 Å². The van der Waals surface area contributed by atoms with E-state index in [1.807, 2.05) is 0 Å². The predicted molar refractivity (Wildman–Crippen MR) is 62.5 cm³/mol. The molecule has 1 aromatic rings. The molecule has 3 N–H and O–H groups in total. The quantitative estimate of drug-likeness (QED) is 0.712. The van der Waals surface area contributed by atoms with Gasteiger partial charge in [0.25, 0.3) is 0 Å². The number of nitrogens with two attached hydrogens (primary N) is 1. The molecule has 0 amide bonds. The molecule has 0 saturated heterocycles. The second-order valence-electron chi connectivity index (χ2n) is 3.35. The van der Waals surface area contributed by atoms with Crippen LogP contribution in [-0.4, -0.2) is 11.5 Å². The molecule has 0 aliphatic rings. The smallest absolute Gasteiger partial charge is 0.180 e. The Hall–Kier alpha value is -0.610. The van der Waals surface area contributed by atoms with Crippen LogP contribution in [0.1, 0.15) is 37.3 Å². The van der Waals surface area contributed by atoms with E-state index in [9.17, 15) is 0 Å². The number of nitrogens with one attached hydrogen (secondary N) is 1. The minimum Gasteiger partial charge on any atom is -0.375 e. The summed E-state index contributed by atoms with van der Waals surface area (Å²) in [6.07, 6.45) is 3.33. The van der Waals surface area contributed by atoms with Crippen molar-refractivity contribution in [1.29, 1.82) is 0 Å². The number of aryl methyl sites for hydroxylation is 1. The lowest BCUT2D eigenvalue weighted by Crippen LogP contribution is -2.13. The molecule has 0 fully saturated rings. The molecule has 0 radical (unpaired) electrons. The number of thiazole rings is 1. The van der Waals surface area contributed by atoms with Gasteiger partial charge in [-0.25, -0.2) is 4.98 Å². The number of rotatable bonds is 6. The molecular weight excluding hydrogens is 194 g/mol. The van der Waals surface area contributed by atoms with Crippen molar-refractivity contribution in [3.8, 4) is 0 Å². The highest BCUT2D eigenvalue weighted by Gasteiger charge is 2.07. The highest BCUT2D eigenvalue weighted by atomic mass is 32.1. The molecule has 4 heteroatoms. The van der Waals surface area contributed by atoms with Gasteiger partial charge in [-0.05, 0) is 19.4 Å². The molecule has 0 aromatic carbocycles. The Labute approximate surface area is 89.7 Å². The SMILES string of the molecule is CCCNCc1sc(N)nc1CCC. The molecule has 0 spiro atoms. The van der Waals surface area contributed by atoms with Crippen LogP contribution < -0.4 is 11.1 Å². The third kappa shape index (κ3) is 3.27. The number of anilines is 1. The summed E-state index contributed by atoms with van der Waals surface area (Å²) in [4.78, 5) is 5.64.